The third kappa shape index (κ3) is 3.57. The summed E-state index contributed by atoms with van der Waals surface area (Å²) in [4.78, 5) is 34.6. The van der Waals surface area contributed by atoms with Crippen LogP contribution in [0.3, 0.4) is 0 Å². The van der Waals surface area contributed by atoms with Crippen LogP contribution in [0.15, 0.2) is 21.9 Å². The number of rotatable bonds is 4. The minimum absolute atomic E-state index is 0.0513. The van der Waals surface area contributed by atoms with Gasteiger partial charge in [0.05, 0.1) is 6.10 Å². The van der Waals surface area contributed by atoms with Gasteiger partial charge in [-0.1, -0.05) is 0 Å². The summed E-state index contributed by atoms with van der Waals surface area (Å²) in [6.45, 7) is 0.696. The normalized spacial score (nSPS) is 18.8. The van der Waals surface area contributed by atoms with Crippen molar-refractivity contribution < 1.29 is 14.3 Å². The van der Waals surface area contributed by atoms with Gasteiger partial charge in [-0.3, -0.25) is 18.7 Å². The van der Waals surface area contributed by atoms with Crippen molar-refractivity contribution in [3.8, 4) is 0 Å². The molecule has 7 nitrogen and oxygen atoms in total. The highest BCUT2D eigenvalue weighted by Crippen LogP contribution is 2.12. The quantitative estimate of drug-likeness (QED) is 0.706. The highest BCUT2D eigenvalue weighted by molar-refractivity contribution is 5.69. The molecule has 1 saturated heterocycles. The predicted octanol–water partition coefficient (Wildman–Crippen LogP) is -0.341. The molecule has 1 aliphatic heterocycles. The lowest BCUT2D eigenvalue weighted by Crippen LogP contribution is -2.38. The summed E-state index contributed by atoms with van der Waals surface area (Å²) in [5, 5.41) is 0. The maximum Gasteiger partial charge on any atom is 0.331 e. The molecule has 0 aromatic carbocycles. The average Bonchev–Trinajstić information content (AvgIpc) is 2.47. The van der Waals surface area contributed by atoms with E-state index in [1.165, 1.54) is 19.3 Å². The van der Waals surface area contributed by atoms with Gasteiger partial charge in [0.15, 0.2) is 0 Å². The first-order valence-corrected chi connectivity index (χ1v) is 6.61. The minimum atomic E-state index is -0.539. The van der Waals surface area contributed by atoms with Crippen LogP contribution in [0.4, 0.5) is 0 Å². The van der Waals surface area contributed by atoms with Crippen molar-refractivity contribution in [3.63, 3.8) is 0 Å². The Morgan fingerprint density at radius 2 is 2.25 bits per heavy atom. The first-order chi connectivity index (χ1) is 9.58. The third-order valence-electron chi connectivity index (χ3n) is 3.26. The number of esters is 1. The summed E-state index contributed by atoms with van der Waals surface area (Å²) in [5.74, 6) is -0.514. The van der Waals surface area contributed by atoms with E-state index in [0.29, 0.717) is 6.61 Å². The second kappa shape index (κ2) is 6.51. The Morgan fingerprint density at radius 1 is 1.45 bits per heavy atom. The SMILES string of the molecule is Cn1c(=O)ccn(CC(=O)OC[C@H]2CCCCO2)c1=O. The van der Waals surface area contributed by atoms with Gasteiger partial charge in [-0.2, -0.15) is 0 Å². The van der Waals surface area contributed by atoms with Gasteiger partial charge in [-0.25, -0.2) is 4.79 Å². The van der Waals surface area contributed by atoms with Crippen molar-refractivity contribution in [3.05, 3.63) is 33.1 Å². The second-order valence-electron chi connectivity index (χ2n) is 4.80. The summed E-state index contributed by atoms with van der Waals surface area (Å²) in [7, 11) is 1.36. The van der Waals surface area contributed by atoms with Crippen LogP contribution in [0.25, 0.3) is 0 Å². The zero-order chi connectivity index (χ0) is 14.5. The zero-order valence-electron chi connectivity index (χ0n) is 11.4. The molecule has 1 aliphatic rings. The number of nitrogens with zero attached hydrogens (tertiary/aromatic N) is 2. The van der Waals surface area contributed by atoms with E-state index in [1.54, 1.807) is 0 Å². The first-order valence-electron chi connectivity index (χ1n) is 6.61. The van der Waals surface area contributed by atoms with Crippen LogP contribution in [-0.4, -0.2) is 34.4 Å². The summed E-state index contributed by atoms with van der Waals surface area (Å²) in [6.07, 6.45) is 4.24. The van der Waals surface area contributed by atoms with Crippen molar-refractivity contribution in [2.24, 2.45) is 7.05 Å². The highest BCUT2D eigenvalue weighted by Gasteiger charge is 2.16. The van der Waals surface area contributed by atoms with Gasteiger partial charge < -0.3 is 9.47 Å². The van der Waals surface area contributed by atoms with Crippen LogP contribution in [0.5, 0.6) is 0 Å². The van der Waals surface area contributed by atoms with Crippen LogP contribution in [0.2, 0.25) is 0 Å². The van der Waals surface area contributed by atoms with Gasteiger partial charge >= 0.3 is 11.7 Å². The first kappa shape index (κ1) is 14.5. The Bertz CT molecular complexity index is 583. The average molecular weight is 282 g/mol. The van der Waals surface area contributed by atoms with E-state index in [1.807, 2.05) is 0 Å². The molecule has 0 N–H and O–H groups in total. The maximum absolute atomic E-state index is 11.7. The molecule has 0 unspecified atom stereocenters. The molecule has 110 valence electrons. The van der Waals surface area contributed by atoms with E-state index < -0.39 is 17.2 Å². The number of carbonyl (C=O) groups excluding carboxylic acids is 1. The molecule has 0 saturated carbocycles. The molecule has 1 atom stereocenters. The van der Waals surface area contributed by atoms with Crippen LogP contribution in [-0.2, 0) is 27.9 Å². The van der Waals surface area contributed by atoms with Gasteiger partial charge in [0.25, 0.3) is 5.56 Å². The second-order valence-corrected chi connectivity index (χ2v) is 4.80. The lowest BCUT2D eigenvalue weighted by atomic mass is 10.1. The maximum atomic E-state index is 11.7. The highest BCUT2D eigenvalue weighted by atomic mass is 16.6. The van der Waals surface area contributed by atoms with Gasteiger partial charge in [-0.05, 0) is 19.3 Å². The molecule has 1 fully saturated rings. The number of carbonyl (C=O) groups is 1. The molecular weight excluding hydrogens is 264 g/mol. The molecule has 1 aromatic heterocycles. The van der Waals surface area contributed by atoms with Gasteiger partial charge in [-0.15, -0.1) is 0 Å². The predicted molar refractivity (Wildman–Crippen MR) is 70.5 cm³/mol. The molecule has 0 spiro atoms. The number of ether oxygens (including phenoxy) is 2. The van der Waals surface area contributed by atoms with Crippen molar-refractivity contribution in [2.45, 2.75) is 31.9 Å². The molecule has 0 bridgehead atoms. The largest absolute Gasteiger partial charge is 0.462 e. The van der Waals surface area contributed by atoms with Crippen molar-refractivity contribution >= 4 is 5.97 Å². The van der Waals surface area contributed by atoms with Crippen LogP contribution in [0.1, 0.15) is 19.3 Å². The molecule has 2 heterocycles. The Kier molecular flexibility index (Phi) is 4.73. The van der Waals surface area contributed by atoms with Crippen molar-refractivity contribution in [1.29, 1.82) is 0 Å². The summed E-state index contributed by atoms with van der Waals surface area (Å²) in [5.41, 5.74) is -0.946. The number of hydrogen-bond acceptors (Lipinski definition) is 5. The van der Waals surface area contributed by atoms with E-state index in [0.717, 1.165) is 28.4 Å². The van der Waals surface area contributed by atoms with E-state index in [9.17, 15) is 14.4 Å². The van der Waals surface area contributed by atoms with Crippen molar-refractivity contribution in [2.75, 3.05) is 13.2 Å². The lowest BCUT2D eigenvalue weighted by molar-refractivity contribution is -0.149. The van der Waals surface area contributed by atoms with Crippen molar-refractivity contribution in [1.82, 2.24) is 9.13 Å². The summed E-state index contributed by atoms with van der Waals surface area (Å²) < 4.78 is 12.6. The van der Waals surface area contributed by atoms with E-state index in [-0.39, 0.29) is 19.3 Å². The minimum Gasteiger partial charge on any atom is -0.462 e. The fourth-order valence-electron chi connectivity index (χ4n) is 2.05. The van der Waals surface area contributed by atoms with Crippen LogP contribution >= 0.6 is 0 Å². The number of hydrogen-bond donors (Lipinski definition) is 0. The van der Waals surface area contributed by atoms with E-state index in [2.05, 4.69) is 0 Å². The lowest BCUT2D eigenvalue weighted by Gasteiger charge is -2.22. The standard InChI is InChI=1S/C13H18N2O5/c1-14-11(16)5-6-15(13(14)18)8-12(17)20-9-10-4-2-3-7-19-10/h5-6,10H,2-4,7-9H2,1H3/t10-/m1/s1. The molecule has 1 aromatic rings. The monoisotopic (exact) mass is 282 g/mol. The Balaban J connectivity index is 1.90. The van der Waals surface area contributed by atoms with E-state index in [4.69, 9.17) is 9.47 Å². The van der Waals surface area contributed by atoms with Gasteiger partial charge in [0.1, 0.15) is 13.2 Å². The van der Waals surface area contributed by atoms with Crippen LogP contribution < -0.4 is 11.2 Å². The molecule has 0 radical (unpaired) electrons. The summed E-state index contributed by atoms with van der Waals surface area (Å²) >= 11 is 0. The fourth-order valence-corrected chi connectivity index (χ4v) is 2.05. The molecule has 0 amide bonds. The van der Waals surface area contributed by atoms with E-state index >= 15 is 0 Å². The molecule has 20 heavy (non-hydrogen) atoms. The molecule has 7 heteroatoms. The molecule has 0 aliphatic carbocycles. The Labute approximate surface area is 115 Å². The smallest absolute Gasteiger partial charge is 0.331 e. The summed E-state index contributed by atoms with van der Waals surface area (Å²) in [6, 6.07) is 1.24. The zero-order valence-corrected chi connectivity index (χ0v) is 11.4. The number of aromatic nitrogens is 2. The Hall–Kier alpha value is -1.89. The van der Waals surface area contributed by atoms with Gasteiger partial charge in [0.2, 0.25) is 0 Å². The fraction of sp³-hybridized carbons (Fsp3) is 0.615. The third-order valence-corrected chi connectivity index (χ3v) is 3.26. The topological polar surface area (TPSA) is 79.5 Å². The van der Waals surface area contributed by atoms with Crippen LogP contribution in [0, 0.1) is 0 Å². The Morgan fingerprint density at radius 3 is 2.95 bits per heavy atom. The molecule has 2 rings (SSSR count). The molecular formula is C13H18N2O5. The van der Waals surface area contributed by atoms with Gasteiger partial charge in [0, 0.05) is 25.9 Å².